The zero-order valence-corrected chi connectivity index (χ0v) is 10.9. The van der Waals surface area contributed by atoms with Crippen LogP contribution in [0.2, 0.25) is 5.02 Å². The zero-order chi connectivity index (χ0) is 12.4. The Kier molecular flexibility index (Phi) is 3.33. The average Bonchev–Trinajstić information content (AvgIpc) is 2.61. The van der Waals surface area contributed by atoms with Crippen molar-refractivity contribution in [2.75, 3.05) is 5.32 Å². The molecular formula is C12H15ClN4. The van der Waals surface area contributed by atoms with Gasteiger partial charge in [-0.25, -0.2) is 0 Å². The number of aryl methyl sites for hydroxylation is 2. The van der Waals surface area contributed by atoms with Crippen molar-refractivity contribution < 1.29 is 0 Å². The van der Waals surface area contributed by atoms with Crippen molar-refractivity contribution >= 4 is 17.3 Å². The standard InChI is InChI=1S/C12H15ClN4/c1-8(10-7-17(3)16-9(10)2)15-12-6-14-5-4-11(12)13/h4-8,15H,1-3H3. The van der Waals surface area contributed by atoms with Gasteiger partial charge in [-0.3, -0.25) is 9.67 Å². The molecule has 5 heteroatoms. The summed E-state index contributed by atoms with van der Waals surface area (Å²) in [4.78, 5) is 4.05. The summed E-state index contributed by atoms with van der Waals surface area (Å²) in [5.41, 5.74) is 3.02. The average molecular weight is 251 g/mol. The monoisotopic (exact) mass is 250 g/mol. The minimum absolute atomic E-state index is 0.144. The lowest BCUT2D eigenvalue weighted by Gasteiger charge is -2.15. The summed E-state index contributed by atoms with van der Waals surface area (Å²) in [5, 5.41) is 8.33. The molecule has 0 saturated heterocycles. The summed E-state index contributed by atoms with van der Waals surface area (Å²) in [6.07, 6.45) is 5.41. The maximum absolute atomic E-state index is 6.08. The van der Waals surface area contributed by atoms with Crippen LogP contribution in [-0.2, 0) is 7.05 Å². The first-order chi connectivity index (χ1) is 8.08. The van der Waals surface area contributed by atoms with E-state index in [2.05, 4.69) is 22.3 Å². The number of rotatable bonds is 3. The van der Waals surface area contributed by atoms with Gasteiger partial charge in [0.2, 0.25) is 0 Å². The van der Waals surface area contributed by atoms with E-state index in [1.807, 2.05) is 24.9 Å². The number of anilines is 1. The third kappa shape index (κ3) is 2.58. The third-order valence-electron chi connectivity index (χ3n) is 2.66. The Hall–Kier alpha value is -1.55. The molecule has 1 N–H and O–H groups in total. The Balaban J connectivity index is 2.20. The smallest absolute Gasteiger partial charge is 0.0720 e. The Morgan fingerprint density at radius 2 is 2.24 bits per heavy atom. The van der Waals surface area contributed by atoms with Crippen molar-refractivity contribution in [1.82, 2.24) is 14.8 Å². The molecule has 17 heavy (non-hydrogen) atoms. The van der Waals surface area contributed by atoms with Gasteiger partial charge in [-0.1, -0.05) is 11.6 Å². The number of hydrogen-bond acceptors (Lipinski definition) is 3. The lowest BCUT2D eigenvalue weighted by Crippen LogP contribution is -2.07. The number of hydrogen-bond donors (Lipinski definition) is 1. The van der Waals surface area contributed by atoms with Crippen molar-refractivity contribution in [1.29, 1.82) is 0 Å². The van der Waals surface area contributed by atoms with Crippen molar-refractivity contribution in [3.8, 4) is 0 Å². The van der Waals surface area contributed by atoms with E-state index in [1.165, 1.54) is 0 Å². The van der Waals surface area contributed by atoms with Gasteiger partial charge in [0.25, 0.3) is 0 Å². The van der Waals surface area contributed by atoms with Gasteiger partial charge in [0, 0.05) is 25.0 Å². The molecule has 1 unspecified atom stereocenters. The first-order valence-electron chi connectivity index (χ1n) is 5.44. The highest BCUT2D eigenvalue weighted by atomic mass is 35.5. The molecule has 0 amide bonds. The fourth-order valence-corrected chi connectivity index (χ4v) is 2.00. The second kappa shape index (κ2) is 4.75. The van der Waals surface area contributed by atoms with Crippen LogP contribution in [-0.4, -0.2) is 14.8 Å². The number of aromatic nitrogens is 3. The Labute approximate surface area is 106 Å². The maximum atomic E-state index is 6.08. The van der Waals surface area contributed by atoms with Crippen molar-refractivity contribution in [2.45, 2.75) is 19.9 Å². The highest BCUT2D eigenvalue weighted by molar-refractivity contribution is 6.33. The van der Waals surface area contributed by atoms with Crippen LogP contribution >= 0.6 is 11.6 Å². The minimum Gasteiger partial charge on any atom is -0.376 e. The normalized spacial score (nSPS) is 12.5. The van der Waals surface area contributed by atoms with Gasteiger partial charge in [0.15, 0.2) is 0 Å². The van der Waals surface area contributed by atoms with Crippen LogP contribution in [0.5, 0.6) is 0 Å². The lowest BCUT2D eigenvalue weighted by atomic mass is 10.1. The molecule has 2 aromatic rings. The van der Waals surface area contributed by atoms with Crippen molar-refractivity contribution in [2.24, 2.45) is 7.05 Å². The van der Waals surface area contributed by atoms with Crippen molar-refractivity contribution in [3.05, 3.63) is 40.9 Å². The van der Waals surface area contributed by atoms with Crippen LogP contribution in [0.1, 0.15) is 24.2 Å². The maximum Gasteiger partial charge on any atom is 0.0720 e. The Morgan fingerprint density at radius 3 is 2.82 bits per heavy atom. The Morgan fingerprint density at radius 1 is 1.47 bits per heavy atom. The topological polar surface area (TPSA) is 42.7 Å². The predicted octanol–water partition coefficient (Wildman–Crippen LogP) is 2.95. The quantitative estimate of drug-likeness (QED) is 0.911. The summed E-state index contributed by atoms with van der Waals surface area (Å²) in [6, 6.07) is 1.91. The second-order valence-electron chi connectivity index (χ2n) is 4.07. The molecule has 2 rings (SSSR count). The van der Waals surface area contributed by atoms with E-state index >= 15 is 0 Å². The van der Waals surface area contributed by atoms with E-state index < -0.39 is 0 Å². The van der Waals surface area contributed by atoms with E-state index in [9.17, 15) is 0 Å². The molecule has 0 fully saturated rings. The van der Waals surface area contributed by atoms with Gasteiger partial charge in [-0.2, -0.15) is 5.10 Å². The molecule has 0 spiro atoms. The summed E-state index contributed by atoms with van der Waals surface area (Å²) < 4.78 is 1.81. The van der Waals surface area contributed by atoms with E-state index in [0.29, 0.717) is 5.02 Å². The fourth-order valence-electron chi connectivity index (χ4n) is 1.84. The van der Waals surface area contributed by atoms with Gasteiger partial charge in [0.05, 0.1) is 28.6 Å². The van der Waals surface area contributed by atoms with E-state index in [-0.39, 0.29) is 6.04 Å². The molecule has 0 aliphatic rings. The van der Waals surface area contributed by atoms with Crippen LogP contribution < -0.4 is 5.32 Å². The minimum atomic E-state index is 0.144. The van der Waals surface area contributed by atoms with Crippen LogP contribution in [0.25, 0.3) is 0 Å². The van der Waals surface area contributed by atoms with Gasteiger partial charge < -0.3 is 5.32 Å². The summed E-state index contributed by atoms with van der Waals surface area (Å²) in [6.45, 7) is 4.08. The number of nitrogens with one attached hydrogen (secondary N) is 1. The van der Waals surface area contributed by atoms with Gasteiger partial charge in [0.1, 0.15) is 0 Å². The number of halogens is 1. The predicted molar refractivity (Wildman–Crippen MR) is 69.2 cm³/mol. The SMILES string of the molecule is Cc1nn(C)cc1C(C)Nc1cnccc1Cl. The molecule has 2 heterocycles. The summed E-state index contributed by atoms with van der Waals surface area (Å²) in [7, 11) is 1.92. The van der Waals surface area contributed by atoms with E-state index in [1.54, 1.807) is 18.5 Å². The first-order valence-corrected chi connectivity index (χ1v) is 5.82. The molecule has 0 bridgehead atoms. The van der Waals surface area contributed by atoms with Gasteiger partial charge >= 0.3 is 0 Å². The first kappa shape index (κ1) is 11.9. The van der Waals surface area contributed by atoms with Crippen molar-refractivity contribution in [3.63, 3.8) is 0 Å². The molecule has 1 atom stereocenters. The summed E-state index contributed by atoms with van der Waals surface area (Å²) in [5.74, 6) is 0. The van der Waals surface area contributed by atoms with Crippen LogP contribution in [0.15, 0.2) is 24.7 Å². The fraction of sp³-hybridized carbons (Fsp3) is 0.333. The van der Waals surface area contributed by atoms with Crippen LogP contribution in [0, 0.1) is 6.92 Å². The second-order valence-corrected chi connectivity index (χ2v) is 4.47. The molecule has 4 nitrogen and oxygen atoms in total. The number of nitrogens with zero attached hydrogens (tertiary/aromatic N) is 3. The molecule has 0 radical (unpaired) electrons. The van der Waals surface area contributed by atoms with E-state index in [0.717, 1.165) is 16.9 Å². The molecule has 0 aliphatic heterocycles. The van der Waals surface area contributed by atoms with E-state index in [4.69, 9.17) is 11.6 Å². The molecule has 0 aliphatic carbocycles. The zero-order valence-electron chi connectivity index (χ0n) is 10.1. The molecule has 0 aromatic carbocycles. The summed E-state index contributed by atoms with van der Waals surface area (Å²) >= 11 is 6.08. The highest BCUT2D eigenvalue weighted by Crippen LogP contribution is 2.25. The highest BCUT2D eigenvalue weighted by Gasteiger charge is 2.12. The lowest BCUT2D eigenvalue weighted by molar-refractivity contribution is 0.756. The van der Waals surface area contributed by atoms with Crippen LogP contribution in [0.4, 0.5) is 5.69 Å². The molecule has 2 aromatic heterocycles. The third-order valence-corrected chi connectivity index (χ3v) is 2.99. The van der Waals surface area contributed by atoms with Gasteiger partial charge in [-0.15, -0.1) is 0 Å². The molecule has 0 saturated carbocycles. The van der Waals surface area contributed by atoms with Crippen LogP contribution in [0.3, 0.4) is 0 Å². The molecule has 90 valence electrons. The van der Waals surface area contributed by atoms with Gasteiger partial charge in [-0.05, 0) is 19.9 Å². The largest absolute Gasteiger partial charge is 0.376 e. The number of pyridine rings is 1. The molecular weight excluding hydrogens is 236 g/mol. The Bertz CT molecular complexity index is 521.